The number of nitriles is 1. The third-order valence-corrected chi connectivity index (χ3v) is 5.83. The number of aromatic hydroxyl groups is 2. The maximum Gasteiger partial charge on any atom is 0.310 e. The smallest absolute Gasteiger partial charge is 0.310 e. The molecular weight excluding hydrogens is 408 g/mol. The van der Waals surface area contributed by atoms with Gasteiger partial charge in [0.25, 0.3) is 0 Å². The van der Waals surface area contributed by atoms with Gasteiger partial charge in [-0.3, -0.25) is 10.1 Å². The van der Waals surface area contributed by atoms with Crippen molar-refractivity contribution in [3.8, 4) is 29.1 Å². The molecule has 3 aliphatic heterocycles. The highest BCUT2D eigenvalue weighted by atomic mass is 16.8. The first-order valence-corrected chi connectivity index (χ1v) is 9.71. The predicted molar refractivity (Wildman–Crippen MR) is 103 cm³/mol. The standard InChI is InChI=1S/C21H18N2O8/c22-10-12-1-2-13(5-17(12)24)29-20-7-15-8-21(11-20,31-19(9-20)28-15)30-14-3-4-16(23(26)27)18(25)6-14/h1-6,15,19,24-25H,7-9,11H2/t15-,19-,20+,21+/m0/s1. The predicted octanol–water partition coefficient (Wildman–Crippen LogP) is 3.10. The van der Waals surface area contributed by atoms with Crippen LogP contribution in [0.1, 0.15) is 31.2 Å². The van der Waals surface area contributed by atoms with Crippen molar-refractivity contribution in [2.45, 2.75) is 49.5 Å². The fourth-order valence-electron chi connectivity index (χ4n) is 4.76. The maximum absolute atomic E-state index is 10.9. The van der Waals surface area contributed by atoms with Gasteiger partial charge in [-0.25, -0.2) is 0 Å². The van der Waals surface area contributed by atoms with Crippen LogP contribution < -0.4 is 9.47 Å². The Kier molecular flexibility index (Phi) is 4.22. The molecule has 3 saturated heterocycles. The molecule has 4 fully saturated rings. The average molecular weight is 426 g/mol. The molecule has 160 valence electrons. The summed E-state index contributed by atoms with van der Waals surface area (Å²) in [5.74, 6) is -1.09. The number of phenols is 2. The number of nitro benzene ring substituents is 1. The van der Waals surface area contributed by atoms with E-state index in [2.05, 4.69) is 0 Å². The minimum atomic E-state index is -1.08. The van der Waals surface area contributed by atoms with E-state index >= 15 is 0 Å². The van der Waals surface area contributed by atoms with Crippen LogP contribution in [0.4, 0.5) is 5.69 Å². The zero-order valence-electron chi connectivity index (χ0n) is 16.2. The van der Waals surface area contributed by atoms with E-state index in [4.69, 9.17) is 24.2 Å². The van der Waals surface area contributed by atoms with Crippen LogP contribution in [-0.4, -0.2) is 38.9 Å². The van der Waals surface area contributed by atoms with Gasteiger partial charge in [0.2, 0.25) is 5.79 Å². The highest BCUT2D eigenvalue weighted by Crippen LogP contribution is 2.54. The van der Waals surface area contributed by atoms with Crippen molar-refractivity contribution in [2.24, 2.45) is 0 Å². The van der Waals surface area contributed by atoms with Crippen LogP contribution >= 0.6 is 0 Å². The quantitative estimate of drug-likeness (QED) is 0.544. The lowest BCUT2D eigenvalue weighted by molar-refractivity contribution is -0.411. The van der Waals surface area contributed by atoms with Crippen molar-refractivity contribution >= 4 is 5.69 Å². The molecule has 0 spiro atoms. The average Bonchev–Trinajstić information content (AvgIpc) is 2.66. The normalized spacial score (nSPS) is 30.5. The van der Waals surface area contributed by atoms with Crippen molar-refractivity contribution in [3.05, 3.63) is 52.1 Å². The van der Waals surface area contributed by atoms with Crippen LogP contribution in [0.25, 0.3) is 0 Å². The molecule has 6 rings (SSSR count). The van der Waals surface area contributed by atoms with Crippen molar-refractivity contribution in [2.75, 3.05) is 0 Å². The summed E-state index contributed by atoms with van der Waals surface area (Å²) in [6.45, 7) is 0. The Morgan fingerprint density at radius 1 is 1.10 bits per heavy atom. The largest absolute Gasteiger partial charge is 0.506 e. The Labute approximate surface area is 176 Å². The van der Waals surface area contributed by atoms with Crippen LogP contribution in [0.15, 0.2) is 36.4 Å². The lowest BCUT2D eigenvalue weighted by atomic mass is 9.72. The molecule has 0 unspecified atom stereocenters. The van der Waals surface area contributed by atoms with E-state index in [9.17, 15) is 20.3 Å². The lowest BCUT2D eigenvalue weighted by Crippen LogP contribution is -2.68. The molecular formula is C21H18N2O8. The summed E-state index contributed by atoms with van der Waals surface area (Å²) in [6.07, 6.45) is 1.12. The van der Waals surface area contributed by atoms with Crippen LogP contribution in [0.5, 0.6) is 23.0 Å². The molecule has 4 atom stereocenters. The summed E-state index contributed by atoms with van der Waals surface area (Å²) >= 11 is 0. The van der Waals surface area contributed by atoms with E-state index in [1.807, 2.05) is 6.07 Å². The van der Waals surface area contributed by atoms with E-state index < -0.39 is 34.0 Å². The molecule has 0 aromatic heterocycles. The number of hydrogen-bond acceptors (Lipinski definition) is 9. The third-order valence-electron chi connectivity index (χ3n) is 5.83. The van der Waals surface area contributed by atoms with Gasteiger partial charge in [-0.15, -0.1) is 0 Å². The van der Waals surface area contributed by atoms with Crippen molar-refractivity contribution in [3.63, 3.8) is 0 Å². The van der Waals surface area contributed by atoms with Crippen LogP contribution in [0, 0.1) is 21.4 Å². The highest BCUT2D eigenvalue weighted by molar-refractivity contribution is 5.50. The van der Waals surface area contributed by atoms with Crippen molar-refractivity contribution < 1.29 is 34.1 Å². The van der Waals surface area contributed by atoms with Gasteiger partial charge in [0.1, 0.15) is 28.9 Å². The number of nitro groups is 1. The Hall–Kier alpha value is -3.55. The third kappa shape index (κ3) is 3.37. The molecule has 4 aliphatic rings. The molecule has 10 nitrogen and oxygen atoms in total. The Morgan fingerprint density at radius 3 is 2.52 bits per heavy atom. The Balaban J connectivity index is 1.41. The molecule has 3 heterocycles. The van der Waals surface area contributed by atoms with E-state index in [-0.39, 0.29) is 23.2 Å². The summed E-state index contributed by atoms with van der Waals surface area (Å²) in [5, 5.41) is 39.9. The monoisotopic (exact) mass is 426 g/mol. The highest BCUT2D eigenvalue weighted by Gasteiger charge is 2.63. The molecule has 10 heteroatoms. The minimum Gasteiger partial charge on any atom is -0.506 e. The van der Waals surface area contributed by atoms with E-state index in [1.54, 1.807) is 6.07 Å². The zero-order valence-corrected chi connectivity index (χ0v) is 16.2. The van der Waals surface area contributed by atoms with Crippen LogP contribution in [0.3, 0.4) is 0 Å². The zero-order chi connectivity index (χ0) is 21.8. The van der Waals surface area contributed by atoms with E-state index in [1.165, 1.54) is 30.3 Å². The molecule has 2 aromatic rings. The number of benzene rings is 2. The molecule has 1 aliphatic carbocycles. The van der Waals surface area contributed by atoms with Crippen LogP contribution in [-0.2, 0) is 9.47 Å². The van der Waals surface area contributed by atoms with Gasteiger partial charge >= 0.3 is 5.69 Å². The minimum absolute atomic E-state index is 0.155. The number of phenolic OH excluding ortho intramolecular Hbond substituents is 2. The first kappa shape index (κ1) is 19.4. The lowest BCUT2D eigenvalue weighted by Gasteiger charge is -2.59. The second-order valence-electron chi connectivity index (χ2n) is 8.09. The summed E-state index contributed by atoms with van der Waals surface area (Å²) in [7, 11) is 0. The van der Waals surface area contributed by atoms with Gasteiger partial charge in [-0.1, -0.05) is 0 Å². The van der Waals surface area contributed by atoms with Gasteiger partial charge in [-0.05, 0) is 18.2 Å². The number of rotatable bonds is 5. The Bertz CT molecular complexity index is 1100. The second kappa shape index (κ2) is 6.73. The SMILES string of the molecule is N#Cc1ccc(O[C@@]23C[C@H]4C[C@](Oc5ccc([N+](=O)[O-])c(O)c5)(C2)O[C@@H](C3)O4)cc1O. The van der Waals surface area contributed by atoms with E-state index in [0.717, 1.165) is 0 Å². The van der Waals surface area contributed by atoms with Gasteiger partial charge < -0.3 is 29.2 Å². The van der Waals surface area contributed by atoms with E-state index in [0.29, 0.717) is 31.4 Å². The second-order valence-corrected chi connectivity index (χ2v) is 8.09. The fraction of sp³-hybridized carbons (Fsp3) is 0.381. The maximum atomic E-state index is 10.9. The molecule has 4 bridgehead atoms. The Morgan fingerprint density at radius 2 is 1.84 bits per heavy atom. The molecule has 2 aromatic carbocycles. The summed E-state index contributed by atoms with van der Waals surface area (Å²) in [4.78, 5) is 10.3. The van der Waals surface area contributed by atoms with Crippen molar-refractivity contribution in [1.82, 2.24) is 0 Å². The molecule has 2 N–H and O–H groups in total. The van der Waals surface area contributed by atoms with Gasteiger partial charge in [-0.2, -0.15) is 5.26 Å². The number of hydrogen-bond donors (Lipinski definition) is 2. The first-order valence-electron chi connectivity index (χ1n) is 9.71. The molecule has 0 amide bonds. The first-order chi connectivity index (χ1) is 14.8. The summed E-state index contributed by atoms with van der Waals surface area (Å²) in [5.41, 5.74) is -0.933. The van der Waals surface area contributed by atoms with Crippen LogP contribution in [0.2, 0.25) is 0 Å². The fourth-order valence-corrected chi connectivity index (χ4v) is 4.76. The number of nitrogens with zero attached hydrogens (tertiary/aromatic N) is 2. The number of ether oxygens (including phenoxy) is 4. The topological polar surface area (TPSA) is 144 Å². The van der Waals surface area contributed by atoms with Gasteiger partial charge in [0.05, 0.1) is 23.0 Å². The molecule has 0 radical (unpaired) electrons. The van der Waals surface area contributed by atoms with Gasteiger partial charge in [0, 0.05) is 37.5 Å². The summed E-state index contributed by atoms with van der Waals surface area (Å²) in [6, 6.07) is 10.2. The molecule has 1 saturated carbocycles. The molecule has 31 heavy (non-hydrogen) atoms. The van der Waals surface area contributed by atoms with Crippen molar-refractivity contribution in [1.29, 1.82) is 5.26 Å². The summed E-state index contributed by atoms with van der Waals surface area (Å²) < 4.78 is 24.3. The van der Waals surface area contributed by atoms with Gasteiger partial charge in [0.15, 0.2) is 12.0 Å².